The molecule has 1 saturated heterocycles. The Morgan fingerprint density at radius 2 is 2.28 bits per heavy atom. The van der Waals surface area contributed by atoms with Crippen molar-refractivity contribution in [2.45, 2.75) is 44.7 Å². The molecule has 0 bridgehead atoms. The second-order valence-corrected chi connectivity index (χ2v) is 5.53. The molecule has 0 amide bonds. The number of nitrogens with two attached hydrogens (primary N) is 1. The Morgan fingerprint density at radius 3 is 2.89 bits per heavy atom. The number of rotatable bonds is 3. The fourth-order valence-corrected chi connectivity index (χ4v) is 2.97. The molecule has 0 spiro atoms. The van der Waals surface area contributed by atoms with Gasteiger partial charge in [0.1, 0.15) is 11.0 Å². The monoisotopic (exact) mass is 270 g/mol. The number of aromatic nitrogens is 2. The predicted octanol–water partition coefficient (Wildman–Crippen LogP) is 2.34. The Kier molecular flexibility index (Phi) is 4.65. The first kappa shape index (κ1) is 13.8. The Morgan fingerprint density at radius 1 is 1.50 bits per heavy atom. The smallest absolute Gasteiger partial charge is 0.128 e. The molecule has 0 aromatic carbocycles. The Hall–Kier alpha value is -0.580. The van der Waals surface area contributed by atoms with E-state index in [0.29, 0.717) is 5.15 Å². The summed E-state index contributed by atoms with van der Waals surface area (Å²) in [5.74, 6) is 1.00. The van der Waals surface area contributed by atoms with E-state index in [9.17, 15) is 0 Å². The van der Waals surface area contributed by atoms with Crippen molar-refractivity contribution >= 4 is 11.6 Å². The lowest BCUT2D eigenvalue weighted by atomic mass is 10.0. The van der Waals surface area contributed by atoms with Gasteiger partial charge in [0, 0.05) is 13.1 Å². The number of imidazole rings is 1. The number of hydrogen-bond donors (Lipinski definition) is 1. The summed E-state index contributed by atoms with van der Waals surface area (Å²) < 4.78 is 1.96. The molecular weight excluding hydrogens is 248 g/mol. The van der Waals surface area contributed by atoms with Gasteiger partial charge >= 0.3 is 0 Å². The maximum atomic E-state index is 6.37. The van der Waals surface area contributed by atoms with Crippen LogP contribution in [0.15, 0.2) is 6.20 Å². The number of hydrogen-bond acceptors (Lipinski definition) is 3. The molecule has 0 aliphatic carbocycles. The summed E-state index contributed by atoms with van der Waals surface area (Å²) in [6.07, 6.45) is 6.35. The van der Waals surface area contributed by atoms with Crippen LogP contribution in [0.3, 0.4) is 0 Å². The van der Waals surface area contributed by atoms with E-state index in [1.54, 1.807) is 6.20 Å². The van der Waals surface area contributed by atoms with Crippen LogP contribution >= 0.6 is 11.6 Å². The Bertz CT molecular complexity index is 390. The fourth-order valence-electron chi connectivity index (χ4n) is 2.83. The van der Waals surface area contributed by atoms with Crippen molar-refractivity contribution in [3.8, 4) is 0 Å². The van der Waals surface area contributed by atoms with Crippen LogP contribution in [0.4, 0.5) is 0 Å². The third-order valence-electron chi connectivity index (χ3n) is 3.77. The van der Waals surface area contributed by atoms with Crippen molar-refractivity contribution in [2.24, 2.45) is 12.8 Å². The van der Waals surface area contributed by atoms with Crippen molar-refractivity contribution < 1.29 is 0 Å². The highest BCUT2D eigenvalue weighted by Crippen LogP contribution is 2.29. The third kappa shape index (κ3) is 2.71. The quantitative estimate of drug-likeness (QED) is 0.917. The van der Waals surface area contributed by atoms with Crippen LogP contribution in [0.2, 0.25) is 5.15 Å². The minimum Gasteiger partial charge on any atom is -0.326 e. The molecule has 1 aliphatic rings. The highest BCUT2D eigenvalue weighted by atomic mass is 35.5. The lowest BCUT2D eigenvalue weighted by molar-refractivity contribution is 0.175. The van der Waals surface area contributed by atoms with Gasteiger partial charge in [0.15, 0.2) is 0 Å². The van der Waals surface area contributed by atoms with Gasteiger partial charge in [0.05, 0.1) is 12.2 Å². The van der Waals surface area contributed by atoms with Gasteiger partial charge in [0.2, 0.25) is 0 Å². The van der Waals surface area contributed by atoms with Crippen LogP contribution in [0.25, 0.3) is 0 Å². The molecular formula is C13H23ClN4. The summed E-state index contributed by atoms with van der Waals surface area (Å²) in [5, 5.41) is 0.679. The summed E-state index contributed by atoms with van der Waals surface area (Å²) in [4.78, 5) is 6.94. The third-order valence-corrected chi connectivity index (χ3v) is 4.13. The molecule has 102 valence electrons. The van der Waals surface area contributed by atoms with E-state index in [-0.39, 0.29) is 12.1 Å². The minimum absolute atomic E-state index is 0.149. The molecule has 2 unspecified atom stereocenters. The molecule has 1 fully saturated rings. The van der Waals surface area contributed by atoms with Gasteiger partial charge in [-0.2, -0.15) is 0 Å². The molecule has 5 heteroatoms. The first-order valence-corrected chi connectivity index (χ1v) is 7.19. The zero-order valence-electron chi connectivity index (χ0n) is 11.3. The topological polar surface area (TPSA) is 47.1 Å². The largest absolute Gasteiger partial charge is 0.326 e. The molecule has 2 N–H and O–H groups in total. The van der Waals surface area contributed by atoms with Gasteiger partial charge in [0.25, 0.3) is 0 Å². The summed E-state index contributed by atoms with van der Waals surface area (Å²) >= 11 is 6.10. The number of nitrogens with zero attached hydrogens (tertiary/aromatic N) is 3. The van der Waals surface area contributed by atoms with Crippen molar-refractivity contribution in [3.63, 3.8) is 0 Å². The molecule has 0 saturated carbocycles. The first-order valence-electron chi connectivity index (χ1n) is 6.82. The molecule has 2 heterocycles. The average Bonchev–Trinajstić information content (AvgIpc) is 2.57. The van der Waals surface area contributed by atoms with Gasteiger partial charge in [-0.3, -0.25) is 4.90 Å². The maximum Gasteiger partial charge on any atom is 0.128 e. The van der Waals surface area contributed by atoms with Crippen LogP contribution in [0.1, 0.15) is 44.5 Å². The van der Waals surface area contributed by atoms with Crippen LogP contribution in [-0.2, 0) is 7.05 Å². The highest BCUT2D eigenvalue weighted by molar-refractivity contribution is 6.29. The van der Waals surface area contributed by atoms with Gasteiger partial charge in [-0.15, -0.1) is 0 Å². The van der Waals surface area contributed by atoms with Crippen LogP contribution < -0.4 is 5.73 Å². The van der Waals surface area contributed by atoms with Crippen molar-refractivity contribution in [2.75, 3.05) is 13.1 Å². The van der Waals surface area contributed by atoms with Crippen molar-refractivity contribution in [1.82, 2.24) is 14.5 Å². The zero-order valence-corrected chi connectivity index (χ0v) is 12.0. The lowest BCUT2D eigenvalue weighted by Gasteiger charge is -2.32. The molecule has 1 aromatic heterocycles. The van der Waals surface area contributed by atoms with Gasteiger partial charge in [-0.25, -0.2) is 4.98 Å². The molecule has 2 rings (SSSR count). The standard InChI is InChI=1S/C13H23ClN4/c1-3-7-18-8-5-4-6-10(15)12(18)13-16-9-11(14)17(13)2/h9-10,12H,3-8,15H2,1-2H3. The first-order chi connectivity index (χ1) is 8.65. The number of likely N-dealkylation sites (tertiary alicyclic amines) is 1. The van der Waals surface area contributed by atoms with Gasteiger partial charge in [-0.05, 0) is 32.4 Å². The van der Waals surface area contributed by atoms with E-state index in [2.05, 4.69) is 16.8 Å². The van der Waals surface area contributed by atoms with Gasteiger partial charge < -0.3 is 10.3 Å². The molecule has 4 nitrogen and oxygen atoms in total. The van der Waals surface area contributed by atoms with E-state index in [1.807, 2.05) is 11.6 Å². The summed E-state index contributed by atoms with van der Waals surface area (Å²) in [6, 6.07) is 0.348. The van der Waals surface area contributed by atoms with Crippen molar-refractivity contribution in [3.05, 3.63) is 17.2 Å². The predicted molar refractivity (Wildman–Crippen MR) is 74.6 cm³/mol. The second kappa shape index (κ2) is 6.04. The van der Waals surface area contributed by atoms with Crippen LogP contribution in [0.5, 0.6) is 0 Å². The van der Waals surface area contributed by atoms with E-state index >= 15 is 0 Å². The molecule has 2 atom stereocenters. The molecule has 1 aliphatic heterocycles. The number of halogens is 1. The van der Waals surface area contributed by atoms with E-state index in [4.69, 9.17) is 17.3 Å². The minimum atomic E-state index is 0.149. The maximum absolute atomic E-state index is 6.37. The Balaban J connectivity index is 2.31. The molecule has 0 radical (unpaired) electrons. The normalized spacial score (nSPS) is 26.2. The van der Waals surface area contributed by atoms with E-state index in [0.717, 1.165) is 31.8 Å². The lowest BCUT2D eigenvalue weighted by Crippen LogP contribution is -2.41. The summed E-state index contributed by atoms with van der Waals surface area (Å²) in [7, 11) is 1.96. The fraction of sp³-hybridized carbons (Fsp3) is 0.769. The average molecular weight is 271 g/mol. The van der Waals surface area contributed by atoms with E-state index < -0.39 is 0 Å². The summed E-state index contributed by atoms with van der Waals surface area (Å²) in [5.41, 5.74) is 6.37. The van der Waals surface area contributed by atoms with E-state index in [1.165, 1.54) is 12.8 Å². The molecule has 1 aromatic rings. The summed E-state index contributed by atoms with van der Waals surface area (Å²) in [6.45, 7) is 4.39. The second-order valence-electron chi connectivity index (χ2n) is 5.14. The SMILES string of the molecule is CCCN1CCCCC(N)C1c1ncc(Cl)n1C. The van der Waals surface area contributed by atoms with Crippen LogP contribution in [-0.4, -0.2) is 33.6 Å². The highest BCUT2D eigenvalue weighted by Gasteiger charge is 2.31. The zero-order chi connectivity index (χ0) is 13.1. The van der Waals surface area contributed by atoms with Crippen molar-refractivity contribution in [1.29, 1.82) is 0 Å². The van der Waals surface area contributed by atoms with Crippen LogP contribution in [0, 0.1) is 0 Å². The van der Waals surface area contributed by atoms with Gasteiger partial charge in [-0.1, -0.05) is 24.9 Å². The molecule has 18 heavy (non-hydrogen) atoms. The Labute approximate surface area is 114 Å².